The summed E-state index contributed by atoms with van der Waals surface area (Å²) in [7, 11) is 0. The van der Waals surface area contributed by atoms with Crippen LogP contribution >= 0.6 is 11.6 Å². The zero-order valence-electron chi connectivity index (χ0n) is 9.11. The molecular weight excluding hydrogens is 364 g/mol. The topological polar surface area (TPSA) is 9.23 Å². The maximum absolute atomic E-state index is 12.7. The van der Waals surface area contributed by atoms with E-state index >= 15 is 0 Å². The van der Waals surface area contributed by atoms with Gasteiger partial charge in [0.15, 0.2) is 0 Å². The van der Waals surface area contributed by atoms with E-state index in [1.54, 1.807) is 0 Å². The number of hydrogen-bond acceptors (Lipinski definition) is 1. The van der Waals surface area contributed by atoms with E-state index in [9.17, 15) is 52.7 Å². The van der Waals surface area contributed by atoms with Crippen LogP contribution < -0.4 is 0 Å². The van der Waals surface area contributed by atoms with Gasteiger partial charge in [0.1, 0.15) is 6.61 Å². The van der Waals surface area contributed by atoms with E-state index in [4.69, 9.17) is 0 Å². The van der Waals surface area contributed by atoms with Crippen molar-refractivity contribution in [1.82, 2.24) is 0 Å². The van der Waals surface area contributed by atoms with Crippen LogP contribution in [0.15, 0.2) is 0 Å². The van der Waals surface area contributed by atoms with E-state index in [1.165, 1.54) is 0 Å². The van der Waals surface area contributed by atoms with Crippen molar-refractivity contribution in [2.45, 2.75) is 35.7 Å². The third kappa shape index (κ3) is 3.79. The fraction of sp³-hybridized carbons (Fsp3) is 1.00. The number of rotatable bonds is 7. The Morgan fingerprint density at radius 3 is 1.48 bits per heavy atom. The first-order chi connectivity index (χ1) is 8.90. The molecule has 128 valence electrons. The average molecular weight is 367 g/mol. The van der Waals surface area contributed by atoms with Gasteiger partial charge in [0.05, 0.1) is 0 Å². The van der Waals surface area contributed by atoms with Crippen LogP contribution in [0.4, 0.5) is 52.7 Å². The number of halogens is 13. The van der Waals surface area contributed by atoms with Crippen molar-refractivity contribution in [2.75, 3.05) is 6.61 Å². The highest BCUT2D eigenvalue weighted by atomic mass is 35.5. The van der Waals surface area contributed by atoms with Crippen LogP contribution in [0.1, 0.15) is 0 Å². The van der Waals surface area contributed by atoms with Crippen LogP contribution in [0.5, 0.6) is 0 Å². The summed E-state index contributed by atoms with van der Waals surface area (Å²) < 4.78 is 149. The third-order valence-corrected chi connectivity index (χ3v) is 2.14. The van der Waals surface area contributed by atoms with Gasteiger partial charge in [0.2, 0.25) is 0 Å². The van der Waals surface area contributed by atoms with Crippen LogP contribution in [0.3, 0.4) is 0 Å². The van der Waals surface area contributed by atoms with Gasteiger partial charge in [-0.05, 0) is 11.6 Å². The summed E-state index contributed by atoms with van der Waals surface area (Å²) in [6.45, 7) is -3.42. The lowest BCUT2D eigenvalue weighted by Gasteiger charge is -2.33. The molecule has 21 heavy (non-hydrogen) atoms. The second-order valence-electron chi connectivity index (χ2n) is 3.51. The highest BCUT2D eigenvalue weighted by Crippen LogP contribution is 2.49. The van der Waals surface area contributed by atoms with Gasteiger partial charge in [0, 0.05) is 0 Å². The molecule has 14 heteroatoms. The molecule has 0 spiro atoms. The molecule has 0 aromatic carbocycles. The first-order valence-electron chi connectivity index (χ1n) is 4.40. The molecule has 0 aliphatic heterocycles. The van der Waals surface area contributed by atoms with E-state index in [2.05, 4.69) is 16.3 Å². The second-order valence-corrected chi connectivity index (χ2v) is 3.98. The Kier molecular flexibility index (Phi) is 5.40. The van der Waals surface area contributed by atoms with Crippen molar-refractivity contribution in [3.8, 4) is 0 Å². The van der Waals surface area contributed by atoms with Crippen LogP contribution in [-0.4, -0.2) is 42.3 Å². The normalized spacial score (nSPS) is 15.7. The quantitative estimate of drug-likeness (QED) is 0.473. The molecule has 1 nitrogen and oxygen atoms in total. The molecule has 0 bridgehead atoms. The van der Waals surface area contributed by atoms with Gasteiger partial charge in [-0.3, -0.25) is 0 Å². The van der Waals surface area contributed by atoms with Crippen LogP contribution in [0.2, 0.25) is 0 Å². The molecule has 0 saturated heterocycles. The van der Waals surface area contributed by atoms with Crippen LogP contribution in [0.25, 0.3) is 0 Å². The van der Waals surface area contributed by atoms with E-state index in [0.717, 1.165) is 0 Å². The standard InChI is InChI=1S/C7H3ClF12O/c8-6(17,18)7(19,20)21-1-3(11,12)5(15,16)4(13,14)2(9)10/h2H,1H2. The SMILES string of the molecule is FC(F)C(F)(F)C(F)(F)C(F)(F)COC(F)(F)C(F)(F)Cl. The number of ether oxygens (including phenoxy) is 1. The minimum Gasteiger partial charge on any atom is -0.308 e. The zero-order valence-corrected chi connectivity index (χ0v) is 9.86. The molecule has 0 heterocycles. The summed E-state index contributed by atoms with van der Waals surface area (Å²) in [6.07, 6.45) is -11.2. The van der Waals surface area contributed by atoms with Gasteiger partial charge >= 0.3 is 35.7 Å². The molecule has 0 rings (SSSR count). The Labute approximate surface area is 112 Å². The van der Waals surface area contributed by atoms with Crippen molar-refractivity contribution in [2.24, 2.45) is 0 Å². The van der Waals surface area contributed by atoms with E-state index < -0.39 is 42.3 Å². The van der Waals surface area contributed by atoms with Gasteiger partial charge in [-0.15, -0.1) is 0 Å². The fourth-order valence-electron chi connectivity index (χ4n) is 0.735. The fourth-order valence-corrected chi connectivity index (χ4v) is 0.789. The monoisotopic (exact) mass is 366 g/mol. The predicted molar refractivity (Wildman–Crippen MR) is 42.5 cm³/mol. The highest BCUT2D eigenvalue weighted by molar-refractivity contribution is 6.22. The molecule has 0 unspecified atom stereocenters. The van der Waals surface area contributed by atoms with E-state index in [0.29, 0.717) is 0 Å². The Bertz CT molecular complexity index is 361. The first-order valence-corrected chi connectivity index (χ1v) is 4.78. The Hall–Kier alpha value is -0.590. The smallest absolute Gasteiger partial charge is 0.308 e. The second kappa shape index (κ2) is 5.56. The van der Waals surface area contributed by atoms with Crippen LogP contribution in [0, 0.1) is 0 Å². The molecule has 0 atom stereocenters. The zero-order chi connectivity index (χ0) is 17.5. The predicted octanol–water partition coefficient (Wildman–Crippen LogP) is 4.60. The van der Waals surface area contributed by atoms with Crippen molar-refractivity contribution in [3.63, 3.8) is 0 Å². The minimum absolute atomic E-state index is 2.40. The molecular formula is C7H3ClF12O. The lowest BCUT2D eigenvalue weighted by Crippen LogP contribution is -2.60. The molecule has 0 saturated carbocycles. The van der Waals surface area contributed by atoms with E-state index in [-0.39, 0.29) is 0 Å². The van der Waals surface area contributed by atoms with Gasteiger partial charge in [-0.1, -0.05) is 0 Å². The Morgan fingerprint density at radius 2 is 1.19 bits per heavy atom. The summed E-state index contributed by atoms with van der Waals surface area (Å²) in [5.74, 6) is -19.8. The van der Waals surface area contributed by atoms with Crippen molar-refractivity contribution < 1.29 is 57.4 Å². The highest BCUT2D eigenvalue weighted by Gasteiger charge is 2.76. The maximum atomic E-state index is 12.7. The molecule has 0 fully saturated rings. The minimum atomic E-state index is -6.86. The van der Waals surface area contributed by atoms with Crippen molar-refractivity contribution in [1.29, 1.82) is 0 Å². The molecule has 0 aromatic rings. The Morgan fingerprint density at radius 1 is 0.810 bits per heavy atom. The molecule has 0 aliphatic carbocycles. The first kappa shape index (κ1) is 20.4. The van der Waals surface area contributed by atoms with Crippen LogP contribution in [-0.2, 0) is 4.74 Å². The summed E-state index contributed by atoms with van der Waals surface area (Å²) in [5, 5.41) is -5.64. The van der Waals surface area contributed by atoms with Gasteiger partial charge < -0.3 is 4.74 Å². The average Bonchev–Trinajstić information content (AvgIpc) is 2.24. The van der Waals surface area contributed by atoms with Crippen molar-refractivity contribution in [3.05, 3.63) is 0 Å². The molecule has 0 N–H and O–H groups in total. The number of alkyl halides is 13. The number of hydrogen-bond donors (Lipinski definition) is 0. The summed E-state index contributed by atoms with van der Waals surface area (Å²) in [5.41, 5.74) is 0. The Balaban J connectivity index is 5.24. The largest absolute Gasteiger partial charge is 0.435 e. The van der Waals surface area contributed by atoms with Gasteiger partial charge in [-0.25, -0.2) is 8.78 Å². The molecule has 0 aromatic heterocycles. The van der Waals surface area contributed by atoms with Gasteiger partial charge in [-0.2, -0.15) is 43.9 Å². The lowest BCUT2D eigenvalue weighted by molar-refractivity contribution is -0.378. The summed E-state index contributed by atoms with van der Waals surface area (Å²) >= 11 is 3.70. The maximum Gasteiger partial charge on any atom is 0.435 e. The molecule has 0 radical (unpaired) electrons. The summed E-state index contributed by atoms with van der Waals surface area (Å²) in [4.78, 5) is 0. The van der Waals surface area contributed by atoms with E-state index in [1.807, 2.05) is 0 Å². The van der Waals surface area contributed by atoms with Gasteiger partial charge in [0.25, 0.3) is 0 Å². The lowest BCUT2D eigenvalue weighted by atomic mass is 10.1. The third-order valence-electron chi connectivity index (χ3n) is 1.92. The van der Waals surface area contributed by atoms with Crippen molar-refractivity contribution >= 4 is 11.6 Å². The molecule has 0 amide bonds. The molecule has 0 aliphatic rings. The summed E-state index contributed by atoms with van der Waals surface area (Å²) in [6, 6.07) is 0.